The molecule has 1 aliphatic rings. The first-order chi connectivity index (χ1) is 14.9. The molecule has 21 heteroatoms. The van der Waals surface area contributed by atoms with E-state index in [1.807, 2.05) is 4.98 Å². The van der Waals surface area contributed by atoms with E-state index in [0.29, 0.717) is 4.57 Å². The molecule has 2 heterocycles. The maximum absolute atomic E-state index is 12.1. The third kappa shape index (κ3) is 6.91. The zero-order valence-electron chi connectivity index (χ0n) is 16.4. The lowest BCUT2D eigenvalue weighted by Crippen LogP contribution is -2.45. The molecule has 17 nitrogen and oxygen atoms in total. The van der Waals surface area contributed by atoms with Crippen molar-refractivity contribution >= 4 is 35.1 Å². The van der Waals surface area contributed by atoms with Gasteiger partial charge in [-0.15, -0.1) is 5.92 Å². The number of phosphoric acid groups is 3. The van der Waals surface area contributed by atoms with Gasteiger partial charge in [-0.2, -0.15) is 13.6 Å². The smallest absolute Gasteiger partial charge is 0.387 e. The van der Waals surface area contributed by atoms with E-state index in [4.69, 9.17) is 26.1 Å². The summed E-state index contributed by atoms with van der Waals surface area (Å²) in [4.78, 5) is 62.5. The summed E-state index contributed by atoms with van der Waals surface area (Å²) in [6, 6.07) is 0. The molecule has 186 valence electrons. The molecule has 1 aromatic heterocycles. The number of aromatic nitrogens is 3. The summed E-state index contributed by atoms with van der Waals surface area (Å²) < 4.78 is 52.2. The number of phosphoric ester groups is 1. The Hall–Kier alpha value is -1.21. The highest BCUT2D eigenvalue weighted by atomic mass is 35.5. The maximum Gasteiger partial charge on any atom is 0.490 e. The number of hydrogen-bond donors (Lipinski definition) is 6. The van der Waals surface area contributed by atoms with Gasteiger partial charge in [0.2, 0.25) is 0 Å². The first kappa shape index (κ1) is 28.0. The number of ether oxygens (including phenoxy) is 1. The molecule has 33 heavy (non-hydrogen) atoms. The molecular formula is C12H17ClN3O14P3. The van der Waals surface area contributed by atoms with Crippen molar-refractivity contribution in [2.45, 2.75) is 43.3 Å². The van der Waals surface area contributed by atoms with Gasteiger partial charge in [-0.3, -0.25) is 14.1 Å². The molecule has 0 aliphatic carbocycles. The number of nitrogens with zero attached hydrogens (tertiary/aromatic N) is 2. The second-order valence-corrected chi connectivity index (χ2v) is 11.3. The Balaban J connectivity index is 2.32. The number of rotatable bonds is 8. The average molecular weight is 556 g/mol. The number of halogens is 1. The lowest BCUT2D eigenvalue weighted by Gasteiger charge is -2.26. The number of nitrogens with one attached hydrogen (secondary N) is 1. The summed E-state index contributed by atoms with van der Waals surface area (Å²) in [6.45, 7) is 2.36. The van der Waals surface area contributed by atoms with Gasteiger partial charge >= 0.3 is 34.8 Å². The zero-order chi connectivity index (χ0) is 25.4. The Bertz CT molecular complexity index is 1220. The monoisotopic (exact) mass is 555 g/mol. The van der Waals surface area contributed by atoms with Gasteiger partial charge in [0.05, 0.1) is 6.10 Å². The quantitative estimate of drug-likeness (QED) is 0.127. The normalized spacial score (nSPS) is 30.0. The molecular weight excluding hydrogens is 539 g/mol. The van der Waals surface area contributed by atoms with Crippen molar-refractivity contribution in [1.82, 2.24) is 14.5 Å². The molecule has 1 aromatic rings. The first-order valence-electron chi connectivity index (χ1n) is 8.37. The van der Waals surface area contributed by atoms with Gasteiger partial charge in [0.15, 0.2) is 11.1 Å². The van der Waals surface area contributed by atoms with Gasteiger partial charge in [0.25, 0.3) is 0 Å². The van der Waals surface area contributed by atoms with Gasteiger partial charge in [0, 0.05) is 0 Å². The Labute approximate surface area is 188 Å². The van der Waals surface area contributed by atoms with Crippen molar-refractivity contribution in [3.63, 3.8) is 0 Å². The van der Waals surface area contributed by atoms with E-state index in [1.54, 1.807) is 0 Å². The van der Waals surface area contributed by atoms with Crippen molar-refractivity contribution in [3.05, 3.63) is 27.3 Å². The highest BCUT2D eigenvalue weighted by molar-refractivity contribution is 7.66. The van der Waals surface area contributed by atoms with Crippen LogP contribution in [0, 0.1) is 11.8 Å². The van der Waals surface area contributed by atoms with Crippen LogP contribution in [0.2, 0.25) is 0 Å². The van der Waals surface area contributed by atoms with Crippen molar-refractivity contribution in [3.8, 4) is 11.8 Å². The van der Waals surface area contributed by atoms with Crippen molar-refractivity contribution < 1.29 is 56.3 Å². The standard InChI is InChI=1S/C12H17ClN3O14P3/c1-3-4-12(13)8(17)7(27-9(12)16-5-14-10(18)15-11(16)19)6(2)28-32(23,24)30-33(25,26)29-31(20,21)22/h5-9,17H,1-2H3,(H,23,24)(H,25,26)(H,15,18,19)(H2,20,21,22)/t6-,7+,8-,9+,12?/m0/s1. The van der Waals surface area contributed by atoms with Crippen molar-refractivity contribution in [2.75, 3.05) is 0 Å². The highest BCUT2D eigenvalue weighted by Gasteiger charge is 2.58. The van der Waals surface area contributed by atoms with Crippen LogP contribution in [0.1, 0.15) is 20.1 Å². The van der Waals surface area contributed by atoms with E-state index in [1.165, 1.54) is 6.92 Å². The number of aliphatic hydroxyl groups excluding tert-OH is 1. The number of hydrogen-bond acceptors (Lipinski definition) is 11. The van der Waals surface area contributed by atoms with Crippen LogP contribution in [0.5, 0.6) is 0 Å². The van der Waals surface area contributed by atoms with Gasteiger partial charge in [-0.05, 0) is 13.8 Å². The van der Waals surface area contributed by atoms with Crippen LogP contribution in [0.15, 0.2) is 15.9 Å². The fraction of sp³-hybridized carbons (Fsp3) is 0.583. The molecule has 2 rings (SSSR count). The molecule has 1 fully saturated rings. The number of aliphatic hydroxyl groups is 1. The third-order valence-corrected chi connectivity index (χ3v) is 8.31. The number of H-pyrrole nitrogens is 1. The van der Waals surface area contributed by atoms with E-state index in [2.05, 4.69) is 30.0 Å². The molecule has 0 aromatic carbocycles. The summed E-state index contributed by atoms with van der Waals surface area (Å²) in [5, 5.41) is 10.7. The lowest BCUT2D eigenvalue weighted by molar-refractivity contribution is -0.0752. The molecule has 1 aliphatic heterocycles. The predicted octanol–water partition coefficient (Wildman–Crippen LogP) is -1.08. The second kappa shape index (κ2) is 9.80. The zero-order valence-corrected chi connectivity index (χ0v) is 19.9. The summed E-state index contributed by atoms with van der Waals surface area (Å²) in [5.41, 5.74) is -2.04. The second-order valence-electron chi connectivity index (χ2n) is 6.33. The minimum absolute atomic E-state index is 0.680. The minimum Gasteiger partial charge on any atom is -0.387 e. The highest BCUT2D eigenvalue weighted by Crippen LogP contribution is 2.66. The minimum atomic E-state index is -5.79. The summed E-state index contributed by atoms with van der Waals surface area (Å²) in [7, 11) is -17.0. The van der Waals surface area contributed by atoms with E-state index < -0.39 is 64.3 Å². The molecule has 0 radical (unpaired) electrons. The van der Waals surface area contributed by atoms with Crippen LogP contribution in [0.25, 0.3) is 0 Å². The number of alkyl halides is 1. The molecule has 0 saturated carbocycles. The summed E-state index contributed by atoms with van der Waals surface area (Å²) >= 11 is 6.39. The molecule has 0 bridgehead atoms. The Kier molecular flexibility index (Phi) is 8.33. The fourth-order valence-electron chi connectivity index (χ4n) is 2.76. The molecule has 6 N–H and O–H groups in total. The summed E-state index contributed by atoms with van der Waals surface area (Å²) in [6.07, 6.45) is -6.02. The molecule has 3 unspecified atom stereocenters. The Morgan fingerprint density at radius 3 is 2.36 bits per heavy atom. The van der Waals surface area contributed by atoms with E-state index >= 15 is 0 Å². The van der Waals surface area contributed by atoms with E-state index in [9.17, 15) is 38.2 Å². The molecule has 0 spiro atoms. The van der Waals surface area contributed by atoms with Crippen molar-refractivity contribution in [2.24, 2.45) is 0 Å². The summed E-state index contributed by atoms with van der Waals surface area (Å²) in [5.74, 6) is 4.84. The molecule has 0 amide bonds. The van der Waals surface area contributed by atoms with Gasteiger partial charge in [-0.25, -0.2) is 23.3 Å². The topological polar surface area (TPSA) is 257 Å². The van der Waals surface area contributed by atoms with Crippen LogP contribution >= 0.6 is 35.1 Å². The van der Waals surface area contributed by atoms with E-state index in [0.717, 1.165) is 13.3 Å². The first-order valence-corrected chi connectivity index (χ1v) is 13.3. The van der Waals surface area contributed by atoms with Crippen LogP contribution in [0.4, 0.5) is 0 Å². The fourth-order valence-corrected chi connectivity index (χ4v) is 6.34. The van der Waals surface area contributed by atoms with Crippen molar-refractivity contribution in [1.29, 1.82) is 0 Å². The van der Waals surface area contributed by atoms with Gasteiger partial charge in [-0.1, -0.05) is 17.5 Å². The lowest BCUT2D eigenvalue weighted by atomic mass is 9.97. The SMILES string of the molecule is CC#CC1(Cl)[C@@H](O)[C@@H]([C@H](C)OP(=O)(O)OP(=O)(O)OP(=O)(O)O)O[C@H]1n1cnc(=O)[nH]c1=O. The van der Waals surface area contributed by atoms with Crippen LogP contribution in [-0.2, 0) is 31.6 Å². The van der Waals surface area contributed by atoms with Crippen LogP contribution < -0.4 is 11.4 Å². The Morgan fingerprint density at radius 2 is 1.85 bits per heavy atom. The largest absolute Gasteiger partial charge is 0.490 e. The average Bonchev–Trinajstić information content (AvgIpc) is 2.83. The van der Waals surface area contributed by atoms with Gasteiger partial charge in [0.1, 0.15) is 18.5 Å². The van der Waals surface area contributed by atoms with Crippen LogP contribution in [0.3, 0.4) is 0 Å². The van der Waals surface area contributed by atoms with E-state index in [-0.39, 0.29) is 0 Å². The third-order valence-electron chi connectivity index (χ3n) is 3.88. The predicted molar refractivity (Wildman–Crippen MR) is 105 cm³/mol. The molecule has 1 saturated heterocycles. The van der Waals surface area contributed by atoms with Crippen LogP contribution in [-0.4, -0.2) is 62.4 Å². The van der Waals surface area contributed by atoms with Gasteiger partial charge < -0.3 is 29.4 Å². The molecule has 7 atom stereocenters. The Morgan fingerprint density at radius 1 is 1.24 bits per heavy atom. The number of aromatic amines is 1. The maximum atomic E-state index is 12.1.